The summed E-state index contributed by atoms with van der Waals surface area (Å²) >= 11 is 0. The number of nitrogens with zero attached hydrogens (tertiary/aromatic N) is 2. The maximum absolute atomic E-state index is 13.8. The van der Waals surface area contributed by atoms with Gasteiger partial charge in [-0.3, -0.25) is 14.4 Å². The first-order valence-corrected chi connectivity index (χ1v) is 14.1. The van der Waals surface area contributed by atoms with Crippen LogP contribution in [0, 0.1) is 0 Å². The van der Waals surface area contributed by atoms with Crippen molar-refractivity contribution in [1.82, 2.24) is 14.8 Å². The van der Waals surface area contributed by atoms with Crippen LogP contribution in [-0.4, -0.2) is 76.3 Å². The summed E-state index contributed by atoms with van der Waals surface area (Å²) in [5.41, 5.74) is -0.482. The number of rotatable bonds is 6. The SMILES string of the molecule is COc1ccc2[nH]c(=O)c(C(CC(=O)N3CCN(C)CC3)c3c(O)c(O)c(O)c4c(=O)cc(-c5ccccc5)oc34)cc2c1. The average molecular weight is 598 g/mol. The van der Waals surface area contributed by atoms with Gasteiger partial charge in [-0.1, -0.05) is 30.3 Å². The summed E-state index contributed by atoms with van der Waals surface area (Å²) in [5.74, 6) is -3.44. The number of phenols is 3. The summed E-state index contributed by atoms with van der Waals surface area (Å²) in [4.78, 5) is 47.4. The van der Waals surface area contributed by atoms with E-state index >= 15 is 0 Å². The van der Waals surface area contributed by atoms with E-state index in [0.717, 1.165) is 0 Å². The number of carbonyl (C=O) groups excluding carboxylic acids is 1. The number of hydrogen-bond acceptors (Lipinski definition) is 9. The van der Waals surface area contributed by atoms with Gasteiger partial charge in [-0.15, -0.1) is 0 Å². The van der Waals surface area contributed by atoms with Crippen LogP contribution in [0.3, 0.4) is 0 Å². The zero-order chi connectivity index (χ0) is 31.1. The van der Waals surface area contributed by atoms with Crippen molar-refractivity contribution in [3.8, 4) is 34.3 Å². The van der Waals surface area contributed by atoms with Gasteiger partial charge in [0.2, 0.25) is 11.7 Å². The van der Waals surface area contributed by atoms with Crippen LogP contribution in [0.15, 0.2) is 74.7 Å². The molecule has 1 saturated heterocycles. The first kappa shape index (κ1) is 28.8. The molecule has 4 N–H and O–H groups in total. The molecule has 1 unspecified atom stereocenters. The average Bonchev–Trinajstić information content (AvgIpc) is 3.03. The lowest BCUT2D eigenvalue weighted by atomic mass is 9.85. The lowest BCUT2D eigenvalue weighted by molar-refractivity contribution is -0.133. The van der Waals surface area contributed by atoms with Crippen molar-refractivity contribution in [3.05, 3.63) is 92.4 Å². The summed E-state index contributed by atoms with van der Waals surface area (Å²) in [5, 5.41) is 33.2. The molecule has 5 aromatic rings. The van der Waals surface area contributed by atoms with E-state index in [-0.39, 0.29) is 40.2 Å². The molecule has 6 rings (SSSR count). The van der Waals surface area contributed by atoms with E-state index in [1.54, 1.807) is 59.5 Å². The largest absolute Gasteiger partial charge is 0.504 e. The Morgan fingerprint density at radius 3 is 2.39 bits per heavy atom. The van der Waals surface area contributed by atoms with Crippen LogP contribution in [-0.2, 0) is 4.79 Å². The number of nitrogens with one attached hydrogen (secondary N) is 1. The molecule has 0 bridgehead atoms. The second-order valence-corrected chi connectivity index (χ2v) is 11.0. The van der Waals surface area contributed by atoms with Gasteiger partial charge >= 0.3 is 0 Å². The number of piperazine rings is 1. The summed E-state index contributed by atoms with van der Waals surface area (Å²) in [6.07, 6.45) is -0.297. The number of H-pyrrole nitrogens is 1. The molecule has 0 saturated carbocycles. The molecule has 2 aromatic heterocycles. The monoisotopic (exact) mass is 597 g/mol. The van der Waals surface area contributed by atoms with Crippen molar-refractivity contribution >= 4 is 27.8 Å². The van der Waals surface area contributed by atoms with Crippen LogP contribution in [0.25, 0.3) is 33.2 Å². The molecule has 1 fully saturated rings. The van der Waals surface area contributed by atoms with Crippen molar-refractivity contribution in [2.45, 2.75) is 12.3 Å². The summed E-state index contributed by atoms with van der Waals surface area (Å²) in [7, 11) is 3.48. The van der Waals surface area contributed by atoms with Gasteiger partial charge in [-0.2, -0.15) is 0 Å². The number of hydrogen-bond donors (Lipinski definition) is 4. The van der Waals surface area contributed by atoms with E-state index < -0.39 is 34.2 Å². The quantitative estimate of drug-likeness (QED) is 0.214. The lowest BCUT2D eigenvalue weighted by Gasteiger charge is -2.33. The van der Waals surface area contributed by atoms with E-state index in [1.165, 1.54) is 13.2 Å². The predicted octanol–water partition coefficient (Wildman–Crippen LogP) is 3.72. The zero-order valence-electron chi connectivity index (χ0n) is 24.2. The van der Waals surface area contributed by atoms with Crippen LogP contribution in [0.1, 0.15) is 23.5 Å². The van der Waals surface area contributed by atoms with Gasteiger partial charge in [0.05, 0.1) is 7.11 Å². The molecule has 1 atom stereocenters. The molecule has 226 valence electrons. The van der Waals surface area contributed by atoms with E-state index in [9.17, 15) is 29.7 Å². The Balaban J connectivity index is 1.63. The maximum atomic E-state index is 13.8. The van der Waals surface area contributed by atoms with E-state index in [0.29, 0.717) is 48.4 Å². The molecule has 3 aromatic carbocycles. The molecule has 11 heteroatoms. The third kappa shape index (κ3) is 5.11. The maximum Gasteiger partial charge on any atom is 0.252 e. The van der Waals surface area contributed by atoms with Crippen molar-refractivity contribution in [3.63, 3.8) is 0 Å². The van der Waals surface area contributed by atoms with Crippen LogP contribution in [0.2, 0.25) is 0 Å². The second-order valence-electron chi connectivity index (χ2n) is 11.0. The second kappa shape index (κ2) is 11.4. The summed E-state index contributed by atoms with van der Waals surface area (Å²) in [6.45, 7) is 2.26. The number of pyridine rings is 1. The smallest absolute Gasteiger partial charge is 0.252 e. The van der Waals surface area contributed by atoms with Gasteiger partial charge in [-0.05, 0) is 31.3 Å². The molecule has 1 aliphatic rings. The highest BCUT2D eigenvalue weighted by atomic mass is 16.5. The highest BCUT2D eigenvalue weighted by molar-refractivity contribution is 5.94. The van der Waals surface area contributed by atoms with Gasteiger partial charge in [0.15, 0.2) is 16.9 Å². The number of methoxy groups -OCH3 is 1. The molecular formula is C33H31N3O8. The van der Waals surface area contributed by atoms with Crippen molar-refractivity contribution in [1.29, 1.82) is 0 Å². The van der Waals surface area contributed by atoms with Gasteiger partial charge in [0.1, 0.15) is 22.5 Å². The van der Waals surface area contributed by atoms with Crippen LogP contribution in [0.5, 0.6) is 23.0 Å². The molecule has 0 aliphatic carbocycles. The number of likely N-dealkylation sites (N-methyl/N-ethyl adjacent to an activating group) is 1. The number of benzene rings is 3. The Labute approximate surface area is 251 Å². The van der Waals surface area contributed by atoms with Crippen molar-refractivity contribution in [2.75, 3.05) is 40.3 Å². The minimum atomic E-state index is -1.19. The fourth-order valence-corrected chi connectivity index (χ4v) is 5.76. The van der Waals surface area contributed by atoms with Crippen LogP contribution < -0.4 is 15.7 Å². The van der Waals surface area contributed by atoms with Crippen LogP contribution >= 0.6 is 0 Å². The number of carbonyl (C=O) groups is 1. The molecule has 0 radical (unpaired) electrons. The summed E-state index contributed by atoms with van der Waals surface area (Å²) in [6, 6.07) is 16.6. The minimum Gasteiger partial charge on any atom is -0.504 e. The van der Waals surface area contributed by atoms with Crippen molar-refractivity contribution in [2.24, 2.45) is 0 Å². The summed E-state index contributed by atoms with van der Waals surface area (Å²) < 4.78 is 11.5. The van der Waals surface area contributed by atoms with Gasteiger partial charge in [0, 0.05) is 72.2 Å². The van der Waals surface area contributed by atoms with Crippen LogP contribution in [0.4, 0.5) is 0 Å². The number of ether oxygens (including phenoxy) is 1. The number of aromatic amines is 1. The zero-order valence-corrected chi connectivity index (χ0v) is 24.2. The Kier molecular flexibility index (Phi) is 7.48. The van der Waals surface area contributed by atoms with E-state index in [2.05, 4.69) is 9.88 Å². The number of aromatic nitrogens is 1. The molecule has 1 aliphatic heterocycles. The number of amides is 1. The molecule has 11 nitrogen and oxygen atoms in total. The first-order chi connectivity index (χ1) is 21.2. The van der Waals surface area contributed by atoms with Crippen molar-refractivity contribution < 1.29 is 29.3 Å². The molecule has 1 amide bonds. The normalized spacial score (nSPS) is 14.6. The number of aromatic hydroxyl groups is 3. The third-order valence-corrected chi connectivity index (χ3v) is 8.23. The standard InChI is InChI=1S/C33H31N3O8/c1-35-10-12-36(13-11-35)26(38)16-21(22-15-19-14-20(43-2)8-9-23(19)34-33(22)42)27-29(39)31(41)30(40)28-24(37)17-25(44-32(27)28)18-6-4-3-5-7-18/h3-9,14-15,17,21,39-41H,10-13,16H2,1-2H3,(H,34,42). The minimum absolute atomic E-state index is 0.0858. The Bertz CT molecular complexity index is 2010. The van der Waals surface area contributed by atoms with Gasteiger partial charge < -0.3 is 39.3 Å². The number of fused-ring (bicyclic) bond motifs is 2. The van der Waals surface area contributed by atoms with E-state index in [4.69, 9.17) is 9.15 Å². The molecule has 0 spiro atoms. The highest BCUT2D eigenvalue weighted by Gasteiger charge is 2.34. The van der Waals surface area contributed by atoms with Gasteiger partial charge in [-0.25, -0.2) is 0 Å². The fourth-order valence-electron chi connectivity index (χ4n) is 5.76. The Hall–Kier alpha value is -5.29. The third-order valence-electron chi connectivity index (χ3n) is 8.23. The Morgan fingerprint density at radius 1 is 0.955 bits per heavy atom. The topological polar surface area (TPSA) is 157 Å². The van der Waals surface area contributed by atoms with E-state index in [1.807, 2.05) is 7.05 Å². The molecule has 3 heterocycles. The first-order valence-electron chi connectivity index (χ1n) is 14.1. The predicted molar refractivity (Wildman–Crippen MR) is 165 cm³/mol. The number of phenolic OH excluding ortho intramolecular Hbond substituents is 3. The molecule has 44 heavy (non-hydrogen) atoms. The van der Waals surface area contributed by atoms with Gasteiger partial charge in [0.25, 0.3) is 5.56 Å². The fraction of sp³-hybridized carbons (Fsp3) is 0.242. The highest BCUT2D eigenvalue weighted by Crippen LogP contribution is 2.49. The Morgan fingerprint density at radius 2 is 1.68 bits per heavy atom. The lowest BCUT2D eigenvalue weighted by Crippen LogP contribution is -2.47. The molecular weight excluding hydrogens is 566 g/mol.